The topological polar surface area (TPSA) is 96.0 Å². The number of fused-ring (bicyclic) bond motifs is 3. The van der Waals surface area contributed by atoms with Crippen LogP contribution in [0.2, 0.25) is 0 Å². The Morgan fingerprint density at radius 1 is 0.871 bits per heavy atom. The van der Waals surface area contributed by atoms with Crippen LogP contribution < -0.4 is 16.2 Å². The fourth-order valence-electron chi connectivity index (χ4n) is 4.75. The molecular formula is C24H23N5O2. The molecule has 1 saturated carbocycles. The molecule has 1 aromatic heterocycles. The fraction of sp³-hybridized carbons (Fsp3) is 0.250. The van der Waals surface area contributed by atoms with Gasteiger partial charge in [-0.15, -0.1) is 0 Å². The lowest BCUT2D eigenvalue weighted by Gasteiger charge is -2.26. The van der Waals surface area contributed by atoms with Gasteiger partial charge in [0, 0.05) is 11.9 Å². The standard InChI is InChI=1S/C24H23N5O2/c30-23(25-13-15-6-2-1-3-7-15)20-16-10-11-17(12-16)21(20)24(31)29-28-22-18-8-4-5-9-19(18)26-14-27-22/h1-11,14,16-17,20-21H,12-13H2,(H,25,30)(H,29,31)(H,26,27,28)/t16-,17-,20-,21-/m0/s1. The maximum atomic E-state index is 13.1. The van der Waals surface area contributed by atoms with Crippen LogP contribution in [-0.2, 0) is 16.1 Å². The molecule has 0 aliphatic heterocycles. The van der Waals surface area contributed by atoms with Gasteiger partial charge in [0.15, 0.2) is 5.82 Å². The normalized spacial score (nSPS) is 23.6. The molecule has 5 rings (SSSR count). The number of carbonyl (C=O) groups is 2. The summed E-state index contributed by atoms with van der Waals surface area (Å²) >= 11 is 0. The highest BCUT2D eigenvalue weighted by Crippen LogP contribution is 2.48. The van der Waals surface area contributed by atoms with Gasteiger partial charge in [0.2, 0.25) is 11.8 Å². The van der Waals surface area contributed by atoms with Crippen LogP contribution in [0.15, 0.2) is 73.1 Å². The van der Waals surface area contributed by atoms with E-state index in [4.69, 9.17) is 0 Å². The summed E-state index contributed by atoms with van der Waals surface area (Å²) in [6.07, 6.45) is 6.43. The minimum atomic E-state index is -0.411. The van der Waals surface area contributed by atoms with Gasteiger partial charge in [-0.2, -0.15) is 0 Å². The van der Waals surface area contributed by atoms with Crippen LogP contribution >= 0.6 is 0 Å². The van der Waals surface area contributed by atoms with Gasteiger partial charge in [0.25, 0.3) is 0 Å². The molecule has 0 spiro atoms. The zero-order chi connectivity index (χ0) is 21.2. The molecule has 7 nitrogen and oxygen atoms in total. The molecule has 1 heterocycles. The fourth-order valence-corrected chi connectivity index (χ4v) is 4.75. The third kappa shape index (κ3) is 3.74. The van der Waals surface area contributed by atoms with E-state index in [9.17, 15) is 9.59 Å². The summed E-state index contributed by atoms with van der Waals surface area (Å²) in [5, 5.41) is 3.83. The molecule has 2 bridgehead atoms. The lowest BCUT2D eigenvalue weighted by molar-refractivity contribution is -0.135. The summed E-state index contributed by atoms with van der Waals surface area (Å²) in [5.74, 6) is -0.359. The summed E-state index contributed by atoms with van der Waals surface area (Å²) in [4.78, 5) is 34.6. The first-order valence-electron chi connectivity index (χ1n) is 10.5. The van der Waals surface area contributed by atoms with Crippen LogP contribution in [0, 0.1) is 23.7 Å². The molecule has 2 amide bonds. The highest BCUT2D eigenvalue weighted by molar-refractivity contribution is 5.92. The van der Waals surface area contributed by atoms with Gasteiger partial charge < -0.3 is 5.32 Å². The molecule has 4 atom stereocenters. The first-order valence-corrected chi connectivity index (χ1v) is 10.5. The molecule has 2 aliphatic carbocycles. The van der Waals surface area contributed by atoms with Gasteiger partial charge in [-0.05, 0) is 36.0 Å². The minimum absolute atomic E-state index is 0.0708. The number of hydrogen-bond acceptors (Lipinski definition) is 5. The molecule has 3 N–H and O–H groups in total. The molecule has 2 aromatic carbocycles. The largest absolute Gasteiger partial charge is 0.352 e. The van der Waals surface area contributed by atoms with E-state index in [1.54, 1.807) is 0 Å². The Morgan fingerprint density at radius 2 is 1.58 bits per heavy atom. The molecular weight excluding hydrogens is 390 g/mol. The number of para-hydroxylation sites is 1. The van der Waals surface area contributed by atoms with Crippen LogP contribution in [-0.4, -0.2) is 21.8 Å². The Kier molecular flexibility index (Phi) is 5.08. The Morgan fingerprint density at radius 3 is 2.39 bits per heavy atom. The van der Waals surface area contributed by atoms with E-state index < -0.39 is 5.92 Å². The molecule has 2 aliphatic rings. The SMILES string of the molecule is O=C(NCc1ccccc1)[C@@H]1[C@@H](C(=O)NNc2ncnc3ccccc23)[C@H]2C=C[C@H]1C2. The minimum Gasteiger partial charge on any atom is -0.352 e. The van der Waals surface area contributed by atoms with Gasteiger partial charge in [0.05, 0.1) is 17.4 Å². The second kappa shape index (κ2) is 8.18. The molecule has 3 aromatic rings. The van der Waals surface area contributed by atoms with E-state index in [2.05, 4.69) is 38.3 Å². The van der Waals surface area contributed by atoms with Gasteiger partial charge in [-0.1, -0.05) is 54.6 Å². The molecule has 0 unspecified atom stereocenters. The number of hydrazine groups is 1. The number of anilines is 1. The summed E-state index contributed by atoms with van der Waals surface area (Å²) in [7, 11) is 0. The predicted molar refractivity (Wildman–Crippen MR) is 117 cm³/mol. The zero-order valence-electron chi connectivity index (χ0n) is 16.9. The van der Waals surface area contributed by atoms with Crippen molar-refractivity contribution in [3.8, 4) is 0 Å². The number of hydrogen-bond donors (Lipinski definition) is 3. The first-order chi connectivity index (χ1) is 15.2. The van der Waals surface area contributed by atoms with E-state index >= 15 is 0 Å². The smallest absolute Gasteiger partial charge is 0.242 e. The molecule has 0 radical (unpaired) electrons. The summed E-state index contributed by atoms with van der Waals surface area (Å²) in [6.45, 7) is 0.455. The second-order valence-electron chi connectivity index (χ2n) is 8.06. The van der Waals surface area contributed by atoms with Crippen LogP contribution in [0.25, 0.3) is 10.9 Å². The van der Waals surface area contributed by atoms with E-state index in [1.165, 1.54) is 6.33 Å². The average molecular weight is 413 g/mol. The molecule has 0 saturated heterocycles. The van der Waals surface area contributed by atoms with Crippen molar-refractivity contribution in [3.05, 3.63) is 78.6 Å². The van der Waals surface area contributed by atoms with Crippen molar-refractivity contribution in [2.45, 2.75) is 13.0 Å². The van der Waals surface area contributed by atoms with E-state index in [0.29, 0.717) is 12.4 Å². The number of carbonyl (C=O) groups excluding carboxylic acids is 2. The van der Waals surface area contributed by atoms with E-state index in [-0.39, 0.29) is 29.6 Å². The van der Waals surface area contributed by atoms with E-state index in [1.807, 2.05) is 54.6 Å². The highest BCUT2D eigenvalue weighted by Gasteiger charge is 2.51. The zero-order valence-corrected chi connectivity index (χ0v) is 16.9. The van der Waals surface area contributed by atoms with Gasteiger partial charge >= 0.3 is 0 Å². The molecule has 156 valence electrons. The van der Waals surface area contributed by atoms with Crippen molar-refractivity contribution in [2.75, 3.05) is 5.43 Å². The lowest BCUT2D eigenvalue weighted by Crippen LogP contribution is -2.45. The van der Waals surface area contributed by atoms with Gasteiger partial charge in [-0.3, -0.25) is 20.4 Å². The summed E-state index contributed by atoms with van der Waals surface area (Å²) in [5.41, 5.74) is 7.54. The number of benzene rings is 2. The number of nitrogens with zero attached hydrogens (tertiary/aromatic N) is 2. The van der Waals surface area contributed by atoms with Crippen molar-refractivity contribution in [1.82, 2.24) is 20.7 Å². The average Bonchev–Trinajstić information content (AvgIpc) is 3.43. The lowest BCUT2D eigenvalue weighted by atomic mass is 9.82. The molecule has 1 fully saturated rings. The van der Waals surface area contributed by atoms with Crippen molar-refractivity contribution < 1.29 is 9.59 Å². The summed E-state index contributed by atoms with van der Waals surface area (Å²) < 4.78 is 0. The van der Waals surface area contributed by atoms with Crippen molar-refractivity contribution in [1.29, 1.82) is 0 Å². The molecule has 31 heavy (non-hydrogen) atoms. The number of allylic oxidation sites excluding steroid dienone is 2. The van der Waals surface area contributed by atoms with Crippen LogP contribution in [0.4, 0.5) is 5.82 Å². The van der Waals surface area contributed by atoms with Crippen molar-refractivity contribution in [3.63, 3.8) is 0 Å². The quantitative estimate of drug-likeness (QED) is 0.427. The maximum absolute atomic E-state index is 13.1. The second-order valence-corrected chi connectivity index (χ2v) is 8.06. The van der Waals surface area contributed by atoms with E-state index in [0.717, 1.165) is 22.9 Å². The Labute approximate surface area is 180 Å². The number of aromatic nitrogens is 2. The van der Waals surface area contributed by atoms with Crippen molar-refractivity contribution in [2.24, 2.45) is 23.7 Å². The maximum Gasteiger partial charge on any atom is 0.242 e. The number of amides is 2. The van der Waals surface area contributed by atoms with Crippen LogP contribution in [0.1, 0.15) is 12.0 Å². The van der Waals surface area contributed by atoms with Gasteiger partial charge in [-0.25, -0.2) is 9.97 Å². The Hall–Kier alpha value is -3.74. The number of nitrogens with one attached hydrogen (secondary N) is 3. The third-order valence-corrected chi connectivity index (χ3v) is 6.22. The Balaban J connectivity index is 1.28. The van der Waals surface area contributed by atoms with Crippen molar-refractivity contribution >= 4 is 28.5 Å². The molecule has 7 heteroatoms. The van der Waals surface area contributed by atoms with Crippen LogP contribution in [0.5, 0.6) is 0 Å². The third-order valence-electron chi connectivity index (χ3n) is 6.22. The monoisotopic (exact) mass is 413 g/mol. The predicted octanol–water partition coefficient (Wildman–Crippen LogP) is 2.83. The van der Waals surface area contributed by atoms with Crippen LogP contribution in [0.3, 0.4) is 0 Å². The Bertz CT molecular complexity index is 1140. The highest BCUT2D eigenvalue weighted by atomic mass is 16.2. The number of rotatable bonds is 6. The summed E-state index contributed by atoms with van der Waals surface area (Å²) in [6, 6.07) is 17.4. The first kappa shape index (κ1) is 19.2. The van der Waals surface area contributed by atoms with Gasteiger partial charge in [0.1, 0.15) is 6.33 Å².